The van der Waals surface area contributed by atoms with Crippen LogP contribution in [0.2, 0.25) is 0 Å². The average molecular weight is 421 g/mol. The molecule has 0 aliphatic carbocycles. The van der Waals surface area contributed by atoms with Gasteiger partial charge >= 0.3 is 45.7 Å². The molecule has 0 aromatic rings. The summed E-state index contributed by atoms with van der Waals surface area (Å²) in [5.41, 5.74) is 0. The van der Waals surface area contributed by atoms with E-state index in [1.807, 2.05) is 0 Å². The first kappa shape index (κ1) is 31.0. The van der Waals surface area contributed by atoms with E-state index in [4.69, 9.17) is 59.4 Å². The number of hydrogen-bond acceptors (Lipinski definition) is 12. The average Bonchev–Trinajstić information content (AvgIpc) is 2.18. The van der Waals surface area contributed by atoms with Gasteiger partial charge in [0.2, 0.25) is 0 Å². The maximum absolute atomic E-state index is 8.93. The predicted molar refractivity (Wildman–Crippen MR) is 30.0 cm³/mol. The molecule has 0 spiro atoms. The monoisotopic (exact) mass is 418 g/mol. The maximum atomic E-state index is 8.93. The summed E-state index contributed by atoms with van der Waals surface area (Å²) in [6.45, 7) is 0. The van der Waals surface area contributed by atoms with Crippen molar-refractivity contribution >= 4 is 35.8 Å². The van der Waals surface area contributed by atoms with Crippen molar-refractivity contribution in [3.8, 4) is 0 Å². The van der Waals surface area contributed by atoms with E-state index in [0.717, 1.165) is 0 Å². The van der Waals surface area contributed by atoms with Crippen LogP contribution in [0.4, 0.5) is 0 Å². The molecule has 0 radical (unpaired) electrons. The van der Waals surface area contributed by atoms with E-state index in [1.165, 1.54) is 0 Å². The minimum Gasteiger partial charge on any atom is -0.543 e. The zero-order chi connectivity index (χ0) is 15.5. The molecule has 0 saturated carbocycles. The molecule has 0 aliphatic heterocycles. The first-order valence-electron chi connectivity index (χ1n) is 3.20. The van der Waals surface area contributed by atoms with E-state index in [1.54, 1.807) is 0 Å². The zero-order valence-corrected chi connectivity index (χ0v) is 14.5. The molecule has 0 bridgehead atoms. The fourth-order valence-corrected chi connectivity index (χ4v) is 0. The quantitative estimate of drug-likeness (QED) is 0.262. The molecule has 0 unspecified atom stereocenters. The van der Waals surface area contributed by atoms with Gasteiger partial charge in [-0.1, -0.05) is 0 Å². The molecule has 0 aromatic carbocycles. The van der Waals surface area contributed by atoms with Crippen molar-refractivity contribution in [3.63, 3.8) is 0 Å². The molecule has 0 N–H and O–H groups in total. The van der Waals surface area contributed by atoms with Crippen molar-refractivity contribution in [2.45, 2.75) is 0 Å². The van der Waals surface area contributed by atoms with Gasteiger partial charge in [-0.25, -0.2) is 0 Å². The Kier molecular flexibility index (Phi) is 26.8. The van der Waals surface area contributed by atoms with Crippen LogP contribution in [0.1, 0.15) is 0 Å². The summed E-state index contributed by atoms with van der Waals surface area (Å²) in [4.78, 5) is 53.6. The third kappa shape index (κ3) is 36.0. The molecular weight excluding hydrogens is 421 g/mol. The summed E-state index contributed by atoms with van der Waals surface area (Å²) in [5, 5.41) is 53.6. The van der Waals surface area contributed by atoms with Crippen LogP contribution in [0.5, 0.6) is 0 Å². The molecule has 0 amide bonds. The van der Waals surface area contributed by atoms with Gasteiger partial charge in [0.25, 0.3) is 0 Å². The fraction of sp³-hybridized carbons (Fsp3) is 0. The summed E-state index contributed by atoms with van der Waals surface area (Å²) >= 11 is 0. The largest absolute Gasteiger partial charge is 4.00 e. The number of rotatable bonds is 0. The summed E-state index contributed by atoms with van der Waals surface area (Å²) in [7, 11) is 0. The Labute approximate surface area is 140 Å². The number of hydrogen-bond donors (Lipinski definition) is 0. The number of carboxylic acids is 6. The van der Waals surface area contributed by atoms with Crippen LogP contribution in [0.25, 0.3) is 0 Å². The van der Waals surface area contributed by atoms with E-state index < -0.39 is 35.8 Å². The summed E-state index contributed by atoms with van der Waals surface area (Å²) in [5.74, 6) is -13.1. The molecule has 0 atom stereocenters. The normalized spacial score (nSPS) is 6.60. The second kappa shape index (κ2) is 17.3. The van der Waals surface area contributed by atoms with Crippen LogP contribution in [0, 0.1) is 0 Å². The molecule has 0 heterocycles. The minimum absolute atomic E-state index is 0. The number of carboxylic acid groups (broad SMARTS) is 6. The second-order valence-electron chi connectivity index (χ2n) is 1.72. The van der Waals surface area contributed by atoms with Gasteiger partial charge in [0.1, 0.15) is 0 Å². The Morgan fingerprint density at radius 2 is 0.450 bits per heavy atom. The maximum Gasteiger partial charge on any atom is 4.00 e. The third-order valence-corrected chi connectivity index (χ3v) is 0.500. The molecule has 20 heavy (non-hydrogen) atoms. The van der Waals surface area contributed by atoms with E-state index in [0.29, 0.717) is 0 Å². The van der Waals surface area contributed by atoms with Crippen LogP contribution in [0.15, 0.2) is 0 Å². The molecule has 0 fully saturated rings. The standard InChI is InChI=1S/3C2H2O4.Zn.Zr/c3*3-1(4)2(5)6;;/h3*(H,3,4)(H,5,6);;/q;;;+2;+4/p-6. The van der Waals surface area contributed by atoms with Gasteiger partial charge < -0.3 is 59.4 Å². The van der Waals surface area contributed by atoms with Crippen molar-refractivity contribution in [1.82, 2.24) is 0 Å². The van der Waals surface area contributed by atoms with Crippen LogP contribution in [0.3, 0.4) is 0 Å². The van der Waals surface area contributed by atoms with Crippen LogP contribution >= 0.6 is 0 Å². The second-order valence-corrected chi connectivity index (χ2v) is 1.72. The van der Waals surface area contributed by atoms with Gasteiger partial charge in [0.15, 0.2) is 0 Å². The third-order valence-electron chi connectivity index (χ3n) is 0.500. The molecule has 12 nitrogen and oxygen atoms in total. The van der Waals surface area contributed by atoms with Crippen molar-refractivity contribution in [2.75, 3.05) is 0 Å². The van der Waals surface area contributed by atoms with Crippen molar-refractivity contribution in [1.29, 1.82) is 0 Å². The number of carbonyl (C=O) groups excluding carboxylic acids is 6. The minimum atomic E-state index is -2.19. The SMILES string of the molecule is O=C([O-])C(=O)[O-].O=C([O-])C(=O)[O-].O=C([O-])C(=O)[O-].[Zn+2].[Zr+4]. The molecule has 0 aliphatic rings. The van der Waals surface area contributed by atoms with Gasteiger partial charge in [-0.3, -0.25) is 0 Å². The molecular formula is C6O12ZnZr. The van der Waals surface area contributed by atoms with Gasteiger partial charge in [-0.05, 0) is 0 Å². The van der Waals surface area contributed by atoms with Gasteiger partial charge in [0, 0.05) is 0 Å². The van der Waals surface area contributed by atoms with E-state index in [9.17, 15) is 0 Å². The molecule has 102 valence electrons. The topological polar surface area (TPSA) is 241 Å². The molecule has 0 saturated heterocycles. The van der Waals surface area contributed by atoms with Crippen molar-refractivity contribution in [2.24, 2.45) is 0 Å². The molecule has 0 aromatic heterocycles. The smallest absolute Gasteiger partial charge is 0.543 e. The number of carbonyl (C=O) groups is 6. The Bertz CT molecular complexity index is 283. The van der Waals surface area contributed by atoms with Crippen molar-refractivity contribution < 1.29 is 105 Å². The first-order valence-corrected chi connectivity index (χ1v) is 3.20. The Morgan fingerprint density at radius 3 is 0.450 bits per heavy atom. The Morgan fingerprint density at radius 1 is 0.400 bits per heavy atom. The Hall–Kier alpha value is -1.67. The van der Waals surface area contributed by atoms with Gasteiger partial charge in [0.05, 0.1) is 35.8 Å². The van der Waals surface area contributed by atoms with Crippen LogP contribution < -0.4 is 30.6 Å². The van der Waals surface area contributed by atoms with E-state index >= 15 is 0 Å². The predicted octanol–water partition coefficient (Wildman–Crippen LogP) is -10.5. The van der Waals surface area contributed by atoms with Crippen molar-refractivity contribution in [3.05, 3.63) is 0 Å². The van der Waals surface area contributed by atoms with E-state index in [2.05, 4.69) is 0 Å². The van der Waals surface area contributed by atoms with Gasteiger partial charge in [-0.2, -0.15) is 0 Å². The van der Waals surface area contributed by atoms with E-state index in [-0.39, 0.29) is 45.7 Å². The van der Waals surface area contributed by atoms with Gasteiger partial charge in [-0.15, -0.1) is 0 Å². The summed E-state index contributed by atoms with van der Waals surface area (Å²) < 4.78 is 0. The van der Waals surface area contributed by atoms with Crippen LogP contribution in [-0.2, 0) is 74.4 Å². The molecule has 14 heteroatoms. The first-order chi connectivity index (χ1) is 7.93. The molecule has 0 rings (SSSR count). The Balaban J connectivity index is -0.0000000536. The summed E-state index contributed by atoms with van der Waals surface area (Å²) in [6.07, 6.45) is 0. The fourth-order valence-electron chi connectivity index (χ4n) is 0. The summed E-state index contributed by atoms with van der Waals surface area (Å²) in [6, 6.07) is 0. The van der Waals surface area contributed by atoms with Crippen LogP contribution in [-0.4, -0.2) is 35.8 Å². The number of aliphatic carboxylic acids is 6. The zero-order valence-electron chi connectivity index (χ0n) is 9.11.